The molecule has 1 amide bonds. The molecule has 0 saturated heterocycles. The van der Waals surface area contributed by atoms with Crippen molar-refractivity contribution in [2.24, 2.45) is 4.99 Å². The van der Waals surface area contributed by atoms with Crippen LogP contribution in [0.5, 0.6) is 0 Å². The highest BCUT2D eigenvalue weighted by atomic mass is 127. The predicted octanol–water partition coefficient (Wildman–Crippen LogP) is 2.52. The number of nitrogens with zero attached hydrogens (tertiary/aromatic N) is 3. The van der Waals surface area contributed by atoms with Gasteiger partial charge in [-0.1, -0.05) is 31.2 Å². The number of amides is 1. The molecule has 7 nitrogen and oxygen atoms in total. The number of hydrogen-bond acceptors (Lipinski definition) is 3. The third kappa shape index (κ3) is 8.73. The largest absolute Gasteiger partial charge is 0.357 e. The molecule has 0 spiro atoms. The zero-order valence-corrected chi connectivity index (χ0v) is 19.0. The van der Waals surface area contributed by atoms with E-state index in [1.54, 1.807) is 6.20 Å². The number of benzene rings is 1. The van der Waals surface area contributed by atoms with Crippen molar-refractivity contribution in [1.82, 2.24) is 25.7 Å². The molecule has 0 aliphatic rings. The summed E-state index contributed by atoms with van der Waals surface area (Å²) in [6.07, 6.45) is 5.11. The molecule has 0 radical (unpaired) electrons. The van der Waals surface area contributed by atoms with Crippen LogP contribution >= 0.6 is 24.0 Å². The predicted molar refractivity (Wildman–Crippen MR) is 124 cm³/mol. The molecule has 3 N–H and O–H groups in total. The van der Waals surface area contributed by atoms with E-state index in [9.17, 15) is 4.79 Å². The highest BCUT2D eigenvalue weighted by molar-refractivity contribution is 14.0. The quantitative estimate of drug-likeness (QED) is 0.267. The number of carbonyl (C=O) groups excluding carboxylic acids is 1. The maximum atomic E-state index is 11.7. The minimum absolute atomic E-state index is 0. The molecule has 1 heterocycles. The Morgan fingerprint density at radius 3 is 2.54 bits per heavy atom. The van der Waals surface area contributed by atoms with Gasteiger partial charge in [-0.3, -0.25) is 9.48 Å². The van der Waals surface area contributed by atoms with Crippen LogP contribution in [0.4, 0.5) is 0 Å². The number of nitrogens with one attached hydrogen (secondary N) is 3. The van der Waals surface area contributed by atoms with E-state index >= 15 is 0 Å². The molecule has 2 aromatic rings. The van der Waals surface area contributed by atoms with Crippen LogP contribution in [-0.4, -0.2) is 41.3 Å². The summed E-state index contributed by atoms with van der Waals surface area (Å²) in [4.78, 5) is 16.4. The van der Waals surface area contributed by atoms with Gasteiger partial charge in [-0.15, -0.1) is 24.0 Å². The fraction of sp³-hybridized carbons (Fsp3) is 0.450. The molecule has 0 atom stereocenters. The Kier molecular flexibility index (Phi) is 11.9. The molecule has 1 aromatic heterocycles. The average molecular weight is 498 g/mol. The Bertz CT molecular complexity index is 717. The summed E-state index contributed by atoms with van der Waals surface area (Å²) in [6, 6.07) is 10.2. The summed E-state index contributed by atoms with van der Waals surface area (Å²) in [6.45, 7) is 7.39. The van der Waals surface area contributed by atoms with Crippen LogP contribution in [0.1, 0.15) is 37.8 Å². The van der Waals surface area contributed by atoms with E-state index in [4.69, 9.17) is 0 Å². The second kappa shape index (κ2) is 14.0. The Hall–Kier alpha value is -2.10. The van der Waals surface area contributed by atoms with Gasteiger partial charge >= 0.3 is 0 Å². The highest BCUT2D eigenvalue weighted by Gasteiger charge is 2.05. The molecule has 0 aliphatic heterocycles. The Morgan fingerprint density at radius 1 is 1.07 bits per heavy atom. The number of guanidine groups is 1. The molecular formula is C20H31IN6O. The van der Waals surface area contributed by atoms with Gasteiger partial charge in [0.25, 0.3) is 0 Å². The molecule has 0 bridgehead atoms. The van der Waals surface area contributed by atoms with Crippen LogP contribution < -0.4 is 16.0 Å². The maximum Gasteiger partial charge on any atom is 0.221 e. The van der Waals surface area contributed by atoms with Crippen molar-refractivity contribution >= 4 is 35.8 Å². The third-order valence-corrected chi connectivity index (χ3v) is 3.98. The van der Waals surface area contributed by atoms with Crippen LogP contribution in [-0.2, 0) is 17.9 Å². The van der Waals surface area contributed by atoms with Crippen LogP contribution in [0, 0.1) is 0 Å². The summed E-state index contributed by atoms with van der Waals surface area (Å²) in [5.41, 5.74) is 2.35. The fourth-order valence-corrected chi connectivity index (χ4v) is 2.59. The Balaban J connectivity index is 0.00000392. The first kappa shape index (κ1) is 23.9. The third-order valence-electron chi connectivity index (χ3n) is 3.98. The fourth-order valence-electron chi connectivity index (χ4n) is 2.59. The first-order valence-electron chi connectivity index (χ1n) is 9.56. The van der Waals surface area contributed by atoms with E-state index in [-0.39, 0.29) is 29.9 Å². The average Bonchev–Trinajstić information content (AvgIpc) is 3.18. The van der Waals surface area contributed by atoms with Crippen LogP contribution in [0.15, 0.2) is 47.7 Å². The first-order chi connectivity index (χ1) is 13.2. The standard InChI is InChI=1S/C20H30N6O.HI/c1-3-11-22-19(27)10-13-23-20(21-4-2)24-15-17-8-5-6-9-18(17)16-26-14-7-12-25-26;/h5-9,12,14H,3-4,10-11,13,15-16H2,1-2H3,(H,22,27)(H2,21,23,24);1H. The lowest BCUT2D eigenvalue weighted by Crippen LogP contribution is -2.39. The van der Waals surface area contributed by atoms with Crippen molar-refractivity contribution in [3.63, 3.8) is 0 Å². The number of hydrogen-bond donors (Lipinski definition) is 3. The first-order valence-corrected chi connectivity index (χ1v) is 9.56. The molecule has 1 aromatic carbocycles. The van der Waals surface area contributed by atoms with Crippen LogP contribution in [0.3, 0.4) is 0 Å². The van der Waals surface area contributed by atoms with Gasteiger partial charge in [-0.05, 0) is 30.5 Å². The monoisotopic (exact) mass is 498 g/mol. The zero-order valence-electron chi connectivity index (χ0n) is 16.6. The second-order valence-electron chi connectivity index (χ2n) is 6.19. The van der Waals surface area contributed by atoms with Crippen LogP contribution in [0.25, 0.3) is 0 Å². The van der Waals surface area contributed by atoms with E-state index in [0.29, 0.717) is 19.5 Å². The summed E-state index contributed by atoms with van der Waals surface area (Å²) in [5, 5.41) is 13.6. The van der Waals surface area contributed by atoms with Crippen molar-refractivity contribution in [2.45, 2.75) is 39.8 Å². The Labute approximate surface area is 184 Å². The van der Waals surface area contributed by atoms with Crippen molar-refractivity contribution in [3.8, 4) is 0 Å². The molecule has 2 rings (SSSR count). The summed E-state index contributed by atoms with van der Waals surface area (Å²) in [7, 11) is 0. The van der Waals surface area contributed by atoms with Gasteiger partial charge in [-0.2, -0.15) is 5.10 Å². The number of carbonyl (C=O) groups is 1. The topological polar surface area (TPSA) is 83.3 Å². The maximum absolute atomic E-state index is 11.7. The van der Waals surface area contributed by atoms with Gasteiger partial charge in [0.15, 0.2) is 5.96 Å². The lowest BCUT2D eigenvalue weighted by molar-refractivity contribution is -0.120. The minimum atomic E-state index is 0. The van der Waals surface area contributed by atoms with Crippen molar-refractivity contribution in [2.75, 3.05) is 19.6 Å². The minimum Gasteiger partial charge on any atom is -0.357 e. The van der Waals surface area contributed by atoms with Crippen molar-refractivity contribution in [3.05, 3.63) is 53.9 Å². The van der Waals surface area contributed by atoms with Crippen molar-refractivity contribution < 1.29 is 4.79 Å². The summed E-state index contributed by atoms with van der Waals surface area (Å²) in [5.74, 6) is 0.777. The van der Waals surface area contributed by atoms with Gasteiger partial charge < -0.3 is 16.0 Å². The van der Waals surface area contributed by atoms with E-state index in [1.807, 2.05) is 42.9 Å². The van der Waals surface area contributed by atoms with Gasteiger partial charge in [0.2, 0.25) is 5.91 Å². The number of halogens is 1. The number of rotatable bonds is 10. The smallest absolute Gasteiger partial charge is 0.221 e. The van der Waals surface area contributed by atoms with E-state index in [0.717, 1.165) is 37.6 Å². The van der Waals surface area contributed by atoms with Gasteiger partial charge in [0, 0.05) is 38.4 Å². The molecule has 154 valence electrons. The molecule has 8 heteroatoms. The molecule has 0 aliphatic carbocycles. The molecular weight excluding hydrogens is 467 g/mol. The normalized spacial score (nSPS) is 10.9. The zero-order chi connectivity index (χ0) is 19.3. The lowest BCUT2D eigenvalue weighted by Gasteiger charge is -2.12. The SMILES string of the molecule is CCCNC(=O)CCNC(=NCc1ccccc1Cn1cccn1)NCC.I. The molecule has 28 heavy (non-hydrogen) atoms. The molecule has 0 unspecified atom stereocenters. The summed E-state index contributed by atoms with van der Waals surface area (Å²) >= 11 is 0. The second-order valence-corrected chi connectivity index (χ2v) is 6.19. The lowest BCUT2D eigenvalue weighted by atomic mass is 10.1. The van der Waals surface area contributed by atoms with E-state index in [2.05, 4.69) is 38.2 Å². The number of aliphatic imine (C=N–C) groups is 1. The number of aromatic nitrogens is 2. The van der Waals surface area contributed by atoms with E-state index in [1.165, 1.54) is 5.56 Å². The molecule has 0 saturated carbocycles. The Morgan fingerprint density at radius 2 is 1.86 bits per heavy atom. The van der Waals surface area contributed by atoms with Gasteiger partial charge in [0.1, 0.15) is 0 Å². The van der Waals surface area contributed by atoms with Gasteiger partial charge in [0.05, 0.1) is 13.1 Å². The van der Waals surface area contributed by atoms with Crippen LogP contribution in [0.2, 0.25) is 0 Å². The highest BCUT2D eigenvalue weighted by Crippen LogP contribution is 2.11. The summed E-state index contributed by atoms with van der Waals surface area (Å²) < 4.78 is 1.90. The van der Waals surface area contributed by atoms with Gasteiger partial charge in [-0.25, -0.2) is 4.99 Å². The van der Waals surface area contributed by atoms with Crippen molar-refractivity contribution in [1.29, 1.82) is 0 Å². The van der Waals surface area contributed by atoms with E-state index < -0.39 is 0 Å². The molecule has 0 fully saturated rings.